The van der Waals surface area contributed by atoms with Crippen LogP contribution in [0.25, 0.3) is 11.1 Å². The van der Waals surface area contributed by atoms with Crippen LogP contribution >= 0.6 is 0 Å². The van der Waals surface area contributed by atoms with Gasteiger partial charge < -0.3 is 15.2 Å². The largest absolute Gasteiger partial charge is 0.496 e. The molecule has 0 unspecified atom stereocenters. The summed E-state index contributed by atoms with van der Waals surface area (Å²) in [4.78, 5) is 31.9. The van der Waals surface area contributed by atoms with Gasteiger partial charge in [0, 0.05) is 43.0 Å². The number of carboxylic acid groups (broad SMARTS) is 1. The normalized spacial score (nSPS) is 22.0. The Morgan fingerprint density at radius 3 is 2.39 bits per heavy atom. The SMILES string of the molecule is COc1ccc(C2CCC(CN(C(=O)C3CCC(CNC(=O)O)CC3)c3cc(-c4cnn(C(C)C)c4)ccn3)CC2)cc1C. The summed E-state index contributed by atoms with van der Waals surface area (Å²) >= 11 is 0. The minimum Gasteiger partial charge on any atom is -0.496 e. The van der Waals surface area contributed by atoms with Crippen LogP contribution in [-0.2, 0) is 4.79 Å². The molecule has 5 rings (SSSR count). The fourth-order valence-corrected chi connectivity index (χ4v) is 6.97. The van der Waals surface area contributed by atoms with Crippen molar-refractivity contribution in [1.29, 1.82) is 0 Å². The molecule has 0 atom stereocenters. The first-order valence-electron chi connectivity index (χ1n) is 16.1. The second kappa shape index (κ2) is 14.3. The van der Waals surface area contributed by atoms with Crippen LogP contribution in [0.2, 0.25) is 0 Å². The molecule has 0 aliphatic heterocycles. The van der Waals surface area contributed by atoms with E-state index in [0.29, 0.717) is 30.7 Å². The highest BCUT2D eigenvalue weighted by molar-refractivity contribution is 5.94. The molecule has 1 aromatic carbocycles. The number of ether oxygens (including phenoxy) is 1. The third-order valence-electron chi connectivity index (χ3n) is 9.67. The van der Waals surface area contributed by atoms with Crippen LogP contribution in [0.3, 0.4) is 0 Å². The van der Waals surface area contributed by atoms with E-state index in [4.69, 9.17) is 14.8 Å². The minimum atomic E-state index is -0.990. The predicted octanol–water partition coefficient (Wildman–Crippen LogP) is 7.22. The molecule has 0 radical (unpaired) electrons. The molecule has 236 valence electrons. The van der Waals surface area contributed by atoms with Crippen molar-refractivity contribution in [2.45, 2.75) is 84.1 Å². The number of nitrogens with one attached hydrogen (secondary N) is 1. The second-order valence-corrected chi connectivity index (χ2v) is 13.0. The van der Waals surface area contributed by atoms with E-state index in [1.54, 1.807) is 13.3 Å². The fourth-order valence-electron chi connectivity index (χ4n) is 6.97. The van der Waals surface area contributed by atoms with Crippen LogP contribution in [0.1, 0.15) is 88.3 Å². The molecule has 2 N–H and O–H groups in total. The number of aromatic nitrogens is 3. The predicted molar refractivity (Wildman–Crippen MR) is 172 cm³/mol. The highest BCUT2D eigenvalue weighted by Crippen LogP contribution is 2.39. The smallest absolute Gasteiger partial charge is 0.404 e. The van der Waals surface area contributed by atoms with Crippen molar-refractivity contribution in [2.24, 2.45) is 17.8 Å². The summed E-state index contributed by atoms with van der Waals surface area (Å²) in [7, 11) is 1.71. The maximum atomic E-state index is 14.2. The van der Waals surface area contributed by atoms with Crippen LogP contribution in [-0.4, -0.2) is 52.1 Å². The first kappa shape index (κ1) is 31.5. The number of carbonyl (C=O) groups is 2. The van der Waals surface area contributed by atoms with Crippen molar-refractivity contribution < 1.29 is 19.4 Å². The average Bonchev–Trinajstić information content (AvgIpc) is 3.54. The maximum absolute atomic E-state index is 14.2. The van der Waals surface area contributed by atoms with E-state index in [1.807, 2.05) is 34.1 Å². The van der Waals surface area contributed by atoms with Gasteiger partial charge in [0.25, 0.3) is 0 Å². The summed E-state index contributed by atoms with van der Waals surface area (Å²) in [5, 5.41) is 16.0. The molecule has 2 amide bonds. The first-order chi connectivity index (χ1) is 21.2. The van der Waals surface area contributed by atoms with Gasteiger partial charge in [-0.1, -0.05) is 12.1 Å². The quantitative estimate of drug-likeness (QED) is 0.254. The number of benzene rings is 1. The highest BCUT2D eigenvalue weighted by atomic mass is 16.5. The molecule has 2 fully saturated rings. The van der Waals surface area contributed by atoms with Crippen LogP contribution < -0.4 is 15.0 Å². The van der Waals surface area contributed by atoms with E-state index in [0.717, 1.165) is 68.2 Å². The molecule has 0 spiro atoms. The van der Waals surface area contributed by atoms with Crippen molar-refractivity contribution in [3.63, 3.8) is 0 Å². The number of rotatable bonds is 10. The van der Waals surface area contributed by atoms with E-state index in [1.165, 1.54) is 11.1 Å². The topological polar surface area (TPSA) is 110 Å². The van der Waals surface area contributed by atoms with Crippen molar-refractivity contribution >= 4 is 17.8 Å². The molecular formula is C35H47N5O4. The fraction of sp³-hybridized carbons (Fsp3) is 0.543. The molecule has 0 saturated heterocycles. The molecule has 9 nitrogen and oxygen atoms in total. The zero-order valence-corrected chi connectivity index (χ0v) is 26.5. The Kier molecular flexibility index (Phi) is 10.2. The zero-order chi connectivity index (χ0) is 31.2. The van der Waals surface area contributed by atoms with Gasteiger partial charge in [0.05, 0.1) is 13.3 Å². The average molecular weight is 602 g/mol. The molecule has 9 heteroatoms. The number of hydrogen-bond donors (Lipinski definition) is 2. The third kappa shape index (κ3) is 7.60. The molecule has 44 heavy (non-hydrogen) atoms. The van der Waals surface area contributed by atoms with Gasteiger partial charge in [-0.25, -0.2) is 9.78 Å². The molecule has 2 aromatic heterocycles. The van der Waals surface area contributed by atoms with Gasteiger partial charge in [-0.15, -0.1) is 0 Å². The van der Waals surface area contributed by atoms with E-state index in [2.05, 4.69) is 49.4 Å². The van der Waals surface area contributed by atoms with Gasteiger partial charge in [0.2, 0.25) is 5.91 Å². The molecule has 2 aliphatic carbocycles. The third-order valence-corrected chi connectivity index (χ3v) is 9.67. The van der Waals surface area contributed by atoms with Gasteiger partial charge in [-0.2, -0.15) is 5.10 Å². The summed E-state index contributed by atoms with van der Waals surface area (Å²) in [5.41, 5.74) is 4.56. The van der Waals surface area contributed by atoms with Crippen molar-refractivity contribution in [3.8, 4) is 16.9 Å². The monoisotopic (exact) mass is 601 g/mol. The van der Waals surface area contributed by atoms with Gasteiger partial charge in [-0.05, 0) is 125 Å². The summed E-state index contributed by atoms with van der Waals surface area (Å²) in [6.45, 7) is 7.42. The van der Waals surface area contributed by atoms with Crippen LogP contribution in [0.5, 0.6) is 5.75 Å². The molecule has 2 heterocycles. The lowest BCUT2D eigenvalue weighted by molar-refractivity contribution is -0.123. The number of aryl methyl sites for hydroxylation is 1. The number of nitrogens with zero attached hydrogens (tertiary/aromatic N) is 4. The van der Waals surface area contributed by atoms with Crippen LogP contribution in [0, 0.1) is 24.7 Å². The van der Waals surface area contributed by atoms with Gasteiger partial charge >= 0.3 is 6.09 Å². The van der Waals surface area contributed by atoms with Crippen LogP contribution in [0.15, 0.2) is 48.9 Å². The standard InChI is InChI=1S/C35H47N5O4/c1-23(2)40-22-31(20-38-40)30-15-16-36-33(18-30)39(34(41)28-11-5-25(6-12-28)19-37-35(42)43)21-26-7-9-27(10-8-26)29-13-14-32(44-4)24(3)17-29/h13-18,20,22-23,25-28,37H,5-12,19,21H2,1-4H3,(H,42,43). The molecule has 2 aliphatic rings. The number of methoxy groups -OCH3 is 1. The van der Waals surface area contributed by atoms with Crippen molar-refractivity contribution in [2.75, 3.05) is 25.1 Å². The minimum absolute atomic E-state index is 0.0798. The maximum Gasteiger partial charge on any atom is 0.404 e. The molecule has 0 bridgehead atoms. The number of hydrogen-bond acceptors (Lipinski definition) is 5. The van der Waals surface area contributed by atoms with Crippen molar-refractivity contribution in [3.05, 3.63) is 60.0 Å². The number of anilines is 1. The van der Waals surface area contributed by atoms with E-state index >= 15 is 0 Å². The Morgan fingerprint density at radius 1 is 1.02 bits per heavy atom. The Morgan fingerprint density at radius 2 is 1.75 bits per heavy atom. The Labute approximate surface area is 261 Å². The van der Waals surface area contributed by atoms with Gasteiger partial charge in [0.1, 0.15) is 11.6 Å². The number of amides is 2. The van der Waals surface area contributed by atoms with E-state index in [-0.39, 0.29) is 23.8 Å². The molecular weight excluding hydrogens is 554 g/mol. The van der Waals surface area contributed by atoms with Gasteiger partial charge in [-0.3, -0.25) is 14.4 Å². The van der Waals surface area contributed by atoms with E-state index < -0.39 is 6.09 Å². The first-order valence-corrected chi connectivity index (χ1v) is 16.1. The van der Waals surface area contributed by atoms with E-state index in [9.17, 15) is 9.59 Å². The van der Waals surface area contributed by atoms with Gasteiger partial charge in [0.15, 0.2) is 0 Å². The highest BCUT2D eigenvalue weighted by Gasteiger charge is 2.33. The Hall–Kier alpha value is -3.88. The summed E-state index contributed by atoms with van der Waals surface area (Å²) in [6.07, 6.45) is 12.3. The molecule has 2 saturated carbocycles. The lowest BCUT2D eigenvalue weighted by Crippen LogP contribution is -2.42. The van der Waals surface area contributed by atoms with Crippen LogP contribution in [0.4, 0.5) is 10.6 Å². The molecule has 3 aromatic rings. The number of carbonyl (C=O) groups excluding carboxylic acids is 1. The number of pyridine rings is 1. The summed E-state index contributed by atoms with van der Waals surface area (Å²) in [5.74, 6) is 2.89. The lowest BCUT2D eigenvalue weighted by Gasteiger charge is -2.36. The second-order valence-electron chi connectivity index (χ2n) is 13.0. The summed E-state index contributed by atoms with van der Waals surface area (Å²) < 4.78 is 7.41. The Balaban J connectivity index is 1.31. The summed E-state index contributed by atoms with van der Waals surface area (Å²) in [6, 6.07) is 10.8. The zero-order valence-electron chi connectivity index (χ0n) is 26.5. The Bertz CT molecular complexity index is 1420. The van der Waals surface area contributed by atoms with Crippen molar-refractivity contribution in [1.82, 2.24) is 20.1 Å². The lowest BCUT2D eigenvalue weighted by atomic mass is 9.77.